The van der Waals surface area contributed by atoms with Crippen molar-refractivity contribution in [2.75, 3.05) is 13.7 Å². The molecule has 138 valence electrons. The molecule has 0 radical (unpaired) electrons. The van der Waals surface area contributed by atoms with E-state index in [1.165, 1.54) is 0 Å². The predicted octanol–water partition coefficient (Wildman–Crippen LogP) is 2.89. The van der Waals surface area contributed by atoms with Gasteiger partial charge < -0.3 is 19.9 Å². The van der Waals surface area contributed by atoms with E-state index in [9.17, 15) is 9.59 Å². The second-order valence-corrected chi connectivity index (χ2v) is 6.03. The Labute approximate surface area is 152 Å². The third kappa shape index (κ3) is 5.51. The molecule has 0 heterocycles. The van der Waals surface area contributed by atoms with Crippen LogP contribution in [0.15, 0.2) is 42.5 Å². The molecule has 0 fully saturated rings. The van der Waals surface area contributed by atoms with Gasteiger partial charge in [0.15, 0.2) is 6.61 Å². The van der Waals surface area contributed by atoms with Gasteiger partial charge in [0, 0.05) is 5.56 Å². The van der Waals surface area contributed by atoms with Crippen LogP contribution in [0.3, 0.4) is 0 Å². The lowest BCUT2D eigenvalue weighted by Crippen LogP contribution is -2.28. The fourth-order valence-corrected chi connectivity index (χ4v) is 2.59. The fraction of sp³-hybridized carbons (Fsp3) is 0.300. The molecule has 0 saturated carbocycles. The largest absolute Gasteiger partial charge is 0.496 e. The second kappa shape index (κ2) is 8.89. The minimum Gasteiger partial charge on any atom is -0.496 e. The maximum Gasteiger partial charge on any atom is 0.341 e. The van der Waals surface area contributed by atoms with Crippen molar-refractivity contribution in [3.63, 3.8) is 0 Å². The number of carboxylic acid groups (broad SMARTS) is 1. The lowest BCUT2D eigenvalue weighted by molar-refractivity contribution is -0.139. The molecule has 0 aliphatic rings. The number of nitrogens with one attached hydrogen (secondary N) is 1. The van der Waals surface area contributed by atoms with Gasteiger partial charge in [-0.1, -0.05) is 29.8 Å². The van der Waals surface area contributed by atoms with E-state index in [0.717, 1.165) is 16.7 Å². The maximum absolute atomic E-state index is 12.4. The van der Waals surface area contributed by atoms with Crippen molar-refractivity contribution in [2.24, 2.45) is 0 Å². The Balaban J connectivity index is 1.96. The van der Waals surface area contributed by atoms with E-state index in [2.05, 4.69) is 5.32 Å². The average Bonchev–Trinajstić information content (AvgIpc) is 2.60. The Kier molecular flexibility index (Phi) is 6.60. The van der Waals surface area contributed by atoms with E-state index >= 15 is 0 Å². The lowest BCUT2D eigenvalue weighted by atomic mass is 10.1. The molecule has 2 rings (SSSR count). The summed E-state index contributed by atoms with van der Waals surface area (Å²) in [4.78, 5) is 22.9. The molecular formula is C20H23NO5. The zero-order valence-electron chi connectivity index (χ0n) is 15.1. The highest BCUT2D eigenvalue weighted by molar-refractivity contribution is 5.79. The van der Waals surface area contributed by atoms with Crippen LogP contribution in [-0.2, 0) is 16.0 Å². The number of ether oxygens (including phenoxy) is 2. The van der Waals surface area contributed by atoms with Crippen LogP contribution in [0.5, 0.6) is 11.5 Å². The van der Waals surface area contributed by atoms with E-state index in [1.54, 1.807) is 31.4 Å². The lowest BCUT2D eigenvalue weighted by Gasteiger charge is -2.16. The summed E-state index contributed by atoms with van der Waals surface area (Å²) >= 11 is 0. The molecule has 2 aromatic carbocycles. The molecule has 2 N–H and O–H groups in total. The molecule has 6 nitrogen and oxygen atoms in total. The summed E-state index contributed by atoms with van der Waals surface area (Å²) in [6.07, 6.45) is 0.231. The molecule has 0 spiro atoms. The number of hydrogen-bond donors (Lipinski definition) is 2. The molecule has 2 aromatic rings. The normalized spacial score (nSPS) is 11.5. The third-order valence-corrected chi connectivity index (χ3v) is 3.91. The molecule has 1 unspecified atom stereocenters. The quantitative estimate of drug-likeness (QED) is 0.759. The van der Waals surface area contributed by atoms with E-state index in [4.69, 9.17) is 14.6 Å². The summed E-state index contributed by atoms with van der Waals surface area (Å²) in [6, 6.07) is 12.5. The highest BCUT2D eigenvalue weighted by atomic mass is 16.5. The van der Waals surface area contributed by atoms with Gasteiger partial charge in [-0.05, 0) is 37.6 Å². The number of hydrogen-bond acceptors (Lipinski definition) is 4. The van der Waals surface area contributed by atoms with E-state index in [0.29, 0.717) is 11.5 Å². The van der Waals surface area contributed by atoms with Gasteiger partial charge >= 0.3 is 5.97 Å². The Morgan fingerprint density at radius 1 is 1.15 bits per heavy atom. The van der Waals surface area contributed by atoms with Crippen LogP contribution in [-0.4, -0.2) is 30.7 Å². The molecular weight excluding hydrogens is 334 g/mol. The van der Waals surface area contributed by atoms with Crippen LogP contribution in [0.1, 0.15) is 29.7 Å². The van der Waals surface area contributed by atoms with Crippen molar-refractivity contribution in [1.82, 2.24) is 5.32 Å². The van der Waals surface area contributed by atoms with Crippen LogP contribution < -0.4 is 14.8 Å². The van der Waals surface area contributed by atoms with Crippen molar-refractivity contribution >= 4 is 11.9 Å². The van der Waals surface area contributed by atoms with Gasteiger partial charge in [-0.2, -0.15) is 0 Å². The number of rotatable bonds is 8. The van der Waals surface area contributed by atoms with E-state index in [1.807, 2.05) is 32.0 Å². The highest BCUT2D eigenvalue weighted by Gasteiger charge is 2.13. The van der Waals surface area contributed by atoms with Crippen LogP contribution in [0.2, 0.25) is 0 Å². The summed E-state index contributed by atoms with van der Waals surface area (Å²) < 4.78 is 10.4. The van der Waals surface area contributed by atoms with E-state index < -0.39 is 5.97 Å². The van der Waals surface area contributed by atoms with Gasteiger partial charge in [0.25, 0.3) is 0 Å². The molecule has 1 atom stereocenters. The molecule has 0 aromatic heterocycles. The number of carbonyl (C=O) groups is 2. The SMILES string of the molecule is COc1ccc(C)cc1CC(=O)NC(C)c1ccc(OCC(=O)O)cc1. The number of amides is 1. The van der Waals surface area contributed by atoms with Gasteiger partial charge in [-0.25, -0.2) is 4.79 Å². The third-order valence-electron chi connectivity index (χ3n) is 3.91. The predicted molar refractivity (Wildman–Crippen MR) is 97.6 cm³/mol. The first-order valence-corrected chi connectivity index (χ1v) is 8.26. The van der Waals surface area contributed by atoms with Crippen LogP contribution in [0.4, 0.5) is 0 Å². The first-order chi connectivity index (χ1) is 12.4. The van der Waals surface area contributed by atoms with Crippen molar-refractivity contribution in [1.29, 1.82) is 0 Å². The Morgan fingerprint density at radius 3 is 2.46 bits per heavy atom. The van der Waals surface area contributed by atoms with Crippen LogP contribution in [0, 0.1) is 6.92 Å². The molecule has 6 heteroatoms. The number of carbonyl (C=O) groups excluding carboxylic acids is 1. The molecule has 0 bridgehead atoms. The molecule has 0 aliphatic carbocycles. The molecule has 26 heavy (non-hydrogen) atoms. The average molecular weight is 357 g/mol. The number of aliphatic carboxylic acids is 1. The van der Waals surface area contributed by atoms with Crippen molar-refractivity contribution in [3.8, 4) is 11.5 Å². The summed E-state index contributed by atoms with van der Waals surface area (Å²) in [7, 11) is 1.59. The summed E-state index contributed by atoms with van der Waals surface area (Å²) in [6.45, 7) is 3.47. The standard InChI is InChI=1S/C20H23NO5/c1-13-4-9-18(25-3)16(10-13)11-19(22)21-14(2)15-5-7-17(8-6-15)26-12-20(23)24/h4-10,14H,11-12H2,1-3H3,(H,21,22)(H,23,24). The number of aryl methyl sites for hydroxylation is 1. The Morgan fingerprint density at radius 2 is 1.85 bits per heavy atom. The zero-order chi connectivity index (χ0) is 19.1. The smallest absolute Gasteiger partial charge is 0.341 e. The van der Waals surface area contributed by atoms with Crippen molar-refractivity contribution in [2.45, 2.75) is 26.3 Å². The monoisotopic (exact) mass is 357 g/mol. The second-order valence-electron chi connectivity index (χ2n) is 6.03. The number of carboxylic acids is 1. The van der Waals surface area contributed by atoms with Crippen molar-refractivity contribution in [3.05, 3.63) is 59.2 Å². The minimum atomic E-state index is -1.03. The molecule has 0 saturated heterocycles. The van der Waals surface area contributed by atoms with Crippen LogP contribution in [0.25, 0.3) is 0 Å². The zero-order valence-corrected chi connectivity index (χ0v) is 15.1. The highest BCUT2D eigenvalue weighted by Crippen LogP contribution is 2.21. The van der Waals surface area contributed by atoms with Gasteiger partial charge in [0.2, 0.25) is 5.91 Å². The van der Waals surface area contributed by atoms with Gasteiger partial charge in [-0.3, -0.25) is 4.79 Å². The van der Waals surface area contributed by atoms with Gasteiger partial charge in [-0.15, -0.1) is 0 Å². The van der Waals surface area contributed by atoms with E-state index in [-0.39, 0.29) is 25.0 Å². The Bertz CT molecular complexity index is 770. The molecule has 0 aliphatic heterocycles. The fourth-order valence-electron chi connectivity index (χ4n) is 2.59. The topological polar surface area (TPSA) is 84.9 Å². The molecule has 1 amide bonds. The van der Waals surface area contributed by atoms with Crippen LogP contribution >= 0.6 is 0 Å². The first kappa shape index (κ1) is 19.3. The Hall–Kier alpha value is -3.02. The number of methoxy groups -OCH3 is 1. The van der Waals surface area contributed by atoms with Gasteiger partial charge in [0.05, 0.1) is 19.6 Å². The summed E-state index contributed by atoms with van der Waals surface area (Å²) in [5.41, 5.74) is 2.81. The van der Waals surface area contributed by atoms with Gasteiger partial charge in [0.1, 0.15) is 11.5 Å². The minimum absolute atomic E-state index is 0.104. The number of benzene rings is 2. The first-order valence-electron chi connectivity index (χ1n) is 8.26. The summed E-state index contributed by atoms with van der Waals surface area (Å²) in [5.74, 6) is 0.0337. The summed E-state index contributed by atoms with van der Waals surface area (Å²) in [5, 5.41) is 11.6. The van der Waals surface area contributed by atoms with Crippen molar-refractivity contribution < 1.29 is 24.2 Å². The maximum atomic E-state index is 12.4.